The summed E-state index contributed by atoms with van der Waals surface area (Å²) in [6.45, 7) is 2.58. The molecule has 3 rings (SSSR count). The average molecular weight is 255 g/mol. The lowest BCUT2D eigenvalue weighted by atomic mass is 10.4. The Morgan fingerprint density at radius 3 is 3.21 bits per heavy atom. The van der Waals surface area contributed by atoms with Gasteiger partial charge in [0.2, 0.25) is 0 Å². The molecule has 0 amide bonds. The zero-order valence-electron chi connectivity index (χ0n) is 10.4. The Morgan fingerprint density at radius 1 is 1.47 bits per heavy atom. The predicted octanol–water partition coefficient (Wildman–Crippen LogP) is 2.15. The number of imidazole rings is 2. The van der Waals surface area contributed by atoms with Crippen LogP contribution in [-0.2, 0) is 4.74 Å². The first-order valence-electron chi connectivity index (χ1n) is 5.99. The van der Waals surface area contributed by atoms with E-state index < -0.39 is 0 Å². The zero-order chi connectivity index (χ0) is 13.1. The second-order valence-corrected chi connectivity index (χ2v) is 3.91. The van der Waals surface area contributed by atoms with Crippen LogP contribution in [0.1, 0.15) is 12.7 Å². The number of hydrogen-bond acceptors (Lipinski definition) is 4. The number of aromatic amines is 1. The Morgan fingerprint density at radius 2 is 2.42 bits per heavy atom. The predicted molar refractivity (Wildman–Crippen MR) is 71.7 cm³/mol. The van der Waals surface area contributed by atoms with Gasteiger partial charge in [0.05, 0.1) is 30.1 Å². The molecule has 19 heavy (non-hydrogen) atoms. The van der Waals surface area contributed by atoms with Gasteiger partial charge in [0.1, 0.15) is 18.0 Å². The molecule has 0 saturated carbocycles. The number of rotatable bonds is 4. The summed E-state index contributed by atoms with van der Waals surface area (Å²) < 4.78 is 6.98. The molecule has 0 bridgehead atoms. The van der Waals surface area contributed by atoms with Crippen molar-refractivity contribution in [3.05, 3.63) is 43.1 Å². The molecule has 3 aromatic heterocycles. The van der Waals surface area contributed by atoms with Gasteiger partial charge >= 0.3 is 0 Å². The molecule has 0 aromatic carbocycles. The summed E-state index contributed by atoms with van der Waals surface area (Å²) in [6.07, 6.45) is 10.4. The van der Waals surface area contributed by atoms with Gasteiger partial charge in [-0.15, -0.1) is 0 Å². The number of H-pyrrole nitrogens is 1. The van der Waals surface area contributed by atoms with Crippen LogP contribution in [-0.4, -0.2) is 31.1 Å². The van der Waals surface area contributed by atoms with E-state index >= 15 is 0 Å². The van der Waals surface area contributed by atoms with E-state index in [9.17, 15) is 0 Å². The number of fused-ring (bicyclic) bond motifs is 1. The first-order chi connectivity index (χ1) is 9.36. The van der Waals surface area contributed by atoms with Crippen LogP contribution >= 0.6 is 0 Å². The number of nitrogens with one attached hydrogen (secondary N) is 1. The van der Waals surface area contributed by atoms with Crippen LogP contribution in [0.5, 0.6) is 0 Å². The fourth-order valence-corrected chi connectivity index (χ4v) is 1.74. The van der Waals surface area contributed by atoms with Crippen molar-refractivity contribution in [2.75, 3.05) is 6.61 Å². The van der Waals surface area contributed by atoms with E-state index in [4.69, 9.17) is 4.74 Å². The van der Waals surface area contributed by atoms with E-state index in [1.165, 1.54) is 0 Å². The molecule has 0 spiro atoms. The minimum Gasteiger partial charge on any atom is -0.501 e. The fraction of sp³-hybridized carbons (Fsp3) is 0.154. The van der Waals surface area contributed by atoms with Gasteiger partial charge in [-0.3, -0.25) is 4.57 Å². The molecule has 0 radical (unpaired) electrons. The van der Waals surface area contributed by atoms with Crippen molar-refractivity contribution in [1.82, 2.24) is 24.5 Å². The number of pyridine rings is 1. The molecular weight excluding hydrogens is 242 g/mol. The van der Waals surface area contributed by atoms with Crippen molar-refractivity contribution in [2.45, 2.75) is 6.92 Å². The standard InChI is InChI=1S/C13H13N5O/c1-2-19-6-3-12-16-10-7-13(15-8-11(10)17-12)18-5-4-14-9-18/h3-9H,2H2,1H3,(H,16,17). The lowest BCUT2D eigenvalue weighted by molar-refractivity contribution is 0.272. The van der Waals surface area contributed by atoms with Crippen molar-refractivity contribution >= 4 is 17.1 Å². The van der Waals surface area contributed by atoms with E-state index in [2.05, 4.69) is 19.9 Å². The SMILES string of the molecule is CCOC=Cc1nc2cc(-n3ccnc3)ncc2[nH]1. The molecule has 6 nitrogen and oxygen atoms in total. The van der Waals surface area contributed by atoms with Crippen molar-refractivity contribution in [3.8, 4) is 5.82 Å². The molecule has 0 aliphatic heterocycles. The normalized spacial score (nSPS) is 11.4. The summed E-state index contributed by atoms with van der Waals surface area (Å²) in [5, 5.41) is 0. The van der Waals surface area contributed by atoms with Gasteiger partial charge in [0.25, 0.3) is 0 Å². The molecule has 6 heteroatoms. The van der Waals surface area contributed by atoms with Gasteiger partial charge in [-0.05, 0) is 6.92 Å². The summed E-state index contributed by atoms with van der Waals surface area (Å²) in [7, 11) is 0. The maximum atomic E-state index is 5.15. The van der Waals surface area contributed by atoms with Gasteiger partial charge in [-0.2, -0.15) is 0 Å². The molecule has 0 atom stereocenters. The Kier molecular flexibility index (Phi) is 2.97. The van der Waals surface area contributed by atoms with Crippen LogP contribution in [0.2, 0.25) is 0 Å². The van der Waals surface area contributed by atoms with Crippen LogP contribution < -0.4 is 0 Å². The highest BCUT2D eigenvalue weighted by atomic mass is 16.5. The summed E-state index contributed by atoms with van der Waals surface area (Å²) in [6, 6.07) is 1.91. The van der Waals surface area contributed by atoms with Gasteiger partial charge in [0.15, 0.2) is 0 Å². The number of ether oxygens (including phenoxy) is 1. The molecule has 3 heterocycles. The highest BCUT2D eigenvalue weighted by molar-refractivity contribution is 5.77. The topological polar surface area (TPSA) is 68.6 Å². The smallest absolute Gasteiger partial charge is 0.140 e. The Hall–Kier alpha value is -2.63. The Labute approximate surface area is 109 Å². The molecule has 0 saturated heterocycles. The maximum Gasteiger partial charge on any atom is 0.140 e. The molecule has 0 aliphatic rings. The van der Waals surface area contributed by atoms with Crippen LogP contribution in [0.15, 0.2) is 37.2 Å². The fourth-order valence-electron chi connectivity index (χ4n) is 1.74. The summed E-state index contributed by atoms with van der Waals surface area (Å²) >= 11 is 0. The van der Waals surface area contributed by atoms with Crippen molar-refractivity contribution in [2.24, 2.45) is 0 Å². The minimum absolute atomic E-state index is 0.642. The van der Waals surface area contributed by atoms with Gasteiger partial charge in [-0.1, -0.05) is 0 Å². The maximum absolute atomic E-state index is 5.15. The van der Waals surface area contributed by atoms with E-state index in [1.807, 2.05) is 23.8 Å². The van der Waals surface area contributed by atoms with Crippen LogP contribution in [0, 0.1) is 0 Å². The number of hydrogen-bond donors (Lipinski definition) is 1. The molecule has 96 valence electrons. The second kappa shape index (κ2) is 4.93. The zero-order valence-corrected chi connectivity index (χ0v) is 10.4. The molecule has 0 unspecified atom stereocenters. The van der Waals surface area contributed by atoms with E-state index in [0.29, 0.717) is 6.61 Å². The Bertz CT molecular complexity index is 699. The van der Waals surface area contributed by atoms with Crippen molar-refractivity contribution in [3.63, 3.8) is 0 Å². The Balaban J connectivity index is 1.95. The van der Waals surface area contributed by atoms with E-state index in [0.717, 1.165) is 22.7 Å². The third kappa shape index (κ3) is 2.33. The molecular formula is C13H13N5O. The van der Waals surface area contributed by atoms with E-state index in [-0.39, 0.29) is 0 Å². The van der Waals surface area contributed by atoms with Gasteiger partial charge < -0.3 is 9.72 Å². The van der Waals surface area contributed by atoms with Crippen LogP contribution in [0.4, 0.5) is 0 Å². The first kappa shape index (κ1) is 11.5. The van der Waals surface area contributed by atoms with E-state index in [1.54, 1.807) is 31.1 Å². The highest BCUT2D eigenvalue weighted by Crippen LogP contribution is 2.14. The lowest BCUT2D eigenvalue weighted by Gasteiger charge is -1.98. The first-order valence-corrected chi connectivity index (χ1v) is 5.99. The third-order valence-electron chi connectivity index (χ3n) is 2.63. The van der Waals surface area contributed by atoms with Crippen molar-refractivity contribution in [1.29, 1.82) is 0 Å². The molecule has 1 N–H and O–H groups in total. The number of aromatic nitrogens is 5. The highest BCUT2D eigenvalue weighted by Gasteiger charge is 2.04. The minimum atomic E-state index is 0.642. The molecule has 3 aromatic rings. The van der Waals surface area contributed by atoms with Gasteiger partial charge in [-0.25, -0.2) is 15.0 Å². The molecule has 0 fully saturated rings. The van der Waals surface area contributed by atoms with Crippen LogP contribution in [0.3, 0.4) is 0 Å². The lowest BCUT2D eigenvalue weighted by Crippen LogP contribution is -1.93. The second-order valence-electron chi connectivity index (χ2n) is 3.91. The quantitative estimate of drug-likeness (QED) is 0.725. The van der Waals surface area contributed by atoms with Crippen LogP contribution in [0.25, 0.3) is 22.9 Å². The summed E-state index contributed by atoms with van der Waals surface area (Å²) in [5.74, 6) is 1.53. The third-order valence-corrected chi connectivity index (χ3v) is 2.63. The monoisotopic (exact) mass is 255 g/mol. The average Bonchev–Trinajstić information content (AvgIpc) is 3.07. The molecule has 0 aliphatic carbocycles. The van der Waals surface area contributed by atoms with Gasteiger partial charge in [0, 0.05) is 24.5 Å². The number of nitrogens with zero attached hydrogens (tertiary/aromatic N) is 4. The summed E-state index contributed by atoms with van der Waals surface area (Å²) in [4.78, 5) is 16.0. The van der Waals surface area contributed by atoms with Crippen molar-refractivity contribution < 1.29 is 4.74 Å². The largest absolute Gasteiger partial charge is 0.501 e. The summed E-state index contributed by atoms with van der Waals surface area (Å²) in [5.41, 5.74) is 1.75.